The first kappa shape index (κ1) is 24.4. The van der Waals surface area contributed by atoms with E-state index in [9.17, 15) is 0 Å². The van der Waals surface area contributed by atoms with E-state index in [0.717, 1.165) is 0 Å². The molecule has 0 saturated carbocycles. The highest BCUT2D eigenvalue weighted by molar-refractivity contribution is 4.96. The highest BCUT2D eigenvalue weighted by Gasteiger charge is 2.24. The predicted molar refractivity (Wildman–Crippen MR) is 122 cm³/mol. The van der Waals surface area contributed by atoms with Crippen LogP contribution in [0.3, 0.4) is 0 Å². The second-order valence-corrected chi connectivity index (χ2v) is 8.64. The van der Waals surface area contributed by atoms with Crippen molar-refractivity contribution in [3.63, 3.8) is 0 Å². The molecule has 1 heterocycles. The van der Waals surface area contributed by atoms with Gasteiger partial charge in [0, 0.05) is 25.5 Å². The predicted octanol–water partition coefficient (Wildman–Crippen LogP) is 8.09. The first-order chi connectivity index (χ1) is 13.3. The molecule has 0 radical (unpaired) electrons. The first-order valence-electron chi connectivity index (χ1n) is 12.5. The van der Waals surface area contributed by atoms with Gasteiger partial charge in [-0.15, -0.1) is 0 Å². The van der Waals surface area contributed by atoms with Gasteiger partial charge >= 0.3 is 0 Å². The molecule has 0 aromatic carbocycles. The minimum atomic E-state index is 0.644. The Morgan fingerprint density at radius 2 is 0.926 bits per heavy atom. The van der Waals surface area contributed by atoms with Crippen LogP contribution in [0.15, 0.2) is 12.4 Å². The van der Waals surface area contributed by atoms with Crippen molar-refractivity contribution in [3.8, 4) is 0 Å². The average Bonchev–Trinajstić information content (AvgIpc) is 3.05. The fourth-order valence-corrected chi connectivity index (χ4v) is 4.31. The van der Waals surface area contributed by atoms with Crippen molar-refractivity contribution in [1.29, 1.82) is 0 Å². The fraction of sp³-hybridized carbons (Fsp3) is 0.920. The van der Waals surface area contributed by atoms with E-state index in [-0.39, 0.29) is 0 Å². The highest BCUT2D eigenvalue weighted by atomic mass is 15.4. The maximum atomic E-state index is 2.63. The standard InChI is InChI=1S/C25H50N2/c1-4-7-9-11-12-13-14-15-16-18-20-25-26(21-6-3)23-24-27(25)22-19-17-10-8-5-2/h23-25H,4-22H2,1-3H3. The van der Waals surface area contributed by atoms with E-state index in [1.54, 1.807) is 0 Å². The van der Waals surface area contributed by atoms with Crippen molar-refractivity contribution in [2.45, 2.75) is 136 Å². The van der Waals surface area contributed by atoms with Crippen LogP contribution in [0, 0.1) is 0 Å². The molecular formula is C25H50N2. The van der Waals surface area contributed by atoms with Gasteiger partial charge in [-0.2, -0.15) is 0 Å². The van der Waals surface area contributed by atoms with Crippen LogP contribution in [-0.4, -0.2) is 29.1 Å². The van der Waals surface area contributed by atoms with Gasteiger partial charge in [0.15, 0.2) is 0 Å². The SMILES string of the molecule is CCCCCCCCCCCCC1N(CCC)C=CN1CCCCCCC. The Bertz CT molecular complexity index is 339. The van der Waals surface area contributed by atoms with Gasteiger partial charge in [0.25, 0.3) is 0 Å². The second-order valence-electron chi connectivity index (χ2n) is 8.64. The Kier molecular flexibility index (Phi) is 15.7. The van der Waals surface area contributed by atoms with Crippen LogP contribution in [0.1, 0.15) is 130 Å². The molecule has 0 amide bonds. The van der Waals surface area contributed by atoms with E-state index in [4.69, 9.17) is 0 Å². The number of nitrogens with zero attached hydrogens (tertiary/aromatic N) is 2. The molecule has 1 rings (SSSR count). The molecule has 0 bridgehead atoms. The Morgan fingerprint density at radius 3 is 1.44 bits per heavy atom. The van der Waals surface area contributed by atoms with Crippen LogP contribution in [-0.2, 0) is 0 Å². The third-order valence-electron chi connectivity index (χ3n) is 6.03. The Hall–Kier alpha value is -0.660. The molecule has 2 heteroatoms. The van der Waals surface area contributed by atoms with Gasteiger partial charge in [-0.25, -0.2) is 0 Å². The zero-order valence-corrected chi connectivity index (χ0v) is 19.1. The van der Waals surface area contributed by atoms with Crippen molar-refractivity contribution in [2.75, 3.05) is 13.1 Å². The van der Waals surface area contributed by atoms with Crippen molar-refractivity contribution in [2.24, 2.45) is 0 Å². The van der Waals surface area contributed by atoms with Crippen LogP contribution < -0.4 is 0 Å². The summed E-state index contributed by atoms with van der Waals surface area (Å²) in [5.74, 6) is 0. The lowest BCUT2D eigenvalue weighted by atomic mass is 10.0. The van der Waals surface area contributed by atoms with Crippen molar-refractivity contribution in [1.82, 2.24) is 9.80 Å². The number of rotatable bonds is 19. The maximum Gasteiger partial charge on any atom is 0.101 e. The Balaban J connectivity index is 2.13. The van der Waals surface area contributed by atoms with Crippen molar-refractivity contribution >= 4 is 0 Å². The average molecular weight is 379 g/mol. The zero-order chi connectivity index (χ0) is 19.6. The number of hydrogen-bond donors (Lipinski definition) is 0. The van der Waals surface area contributed by atoms with Crippen LogP contribution in [0.25, 0.3) is 0 Å². The molecule has 0 N–H and O–H groups in total. The van der Waals surface area contributed by atoms with Gasteiger partial charge in [-0.05, 0) is 25.7 Å². The summed E-state index contributed by atoms with van der Waals surface area (Å²) in [6, 6.07) is 0. The number of hydrogen-bond acceptors (Lipinski definition) is 2. The second kappa shape index (κ2) is 17.4. The summed E-state index contributed by atoms with van der Waals surface area (Å²) >= 11 is 0. The summed E-state index contributed by atoms with van der Waals surface area (Å²) < 4.78 is 0. The minimum absolute atomic E-state index is 0.644. The van der Waals surface area contributed by atoms with Gasteiger partial charge in [0.1, 0.15) is 6.17 Å². The van der Waals surface area contributed by atoms with E-state index < -0.39 is 0 Å². The molecule has 2 nitrogen and oxygen atoms in total. The summed E-state index contributed by atoms with van der Waals surface area (Å²) in [7, 11) is 0. The first-order valence-corrected chi connectivity index (χ1v) is 12.5. The summed E-state index contributed by atoms with van der Waals surface area (Å²) in [5, 5.41) is 0. The molecule has 1 atom stereocenters. The zero-order valence-electron chi connectivity index (χ0n) is 19.1. The van der Waals surface area contributed by atoms with Gasteiger partial charge in [-0.1, -0.05) is 104 Å². The molecule has 0 saturated heterocycles. The molecular weight excluding hydrogens is 328 g/mol. The molecule has 0 aliphatic carbocycles. The summed E-state index contributed by atoms with van der Waals surface area (Å²) in [6.07, 6.45) is 29.2. The molecule has 0 aromatic heterocycles. The van der Waals surface area contributed by atoms with E-state index in [1.165, 1.54) is 122 Å². The lowest BCUT2D eigenvalue weighted by molar-refractivity contribution is 0.137. The Labute approximate surface area is 171 Å². The summed E-state index contributed by atoms with van der Waals surface area (Å²) in [5.41, 5.74) is 0. The van der Waals surface area contributed by atoms with Gasteiger partial charge in [-0.3, -0.25) is 0 Å². The van der Waals surface area contributed by atoms with Crippen LogP contribution in [0.5, 0.6) is 0 Å². The third-order valence-corrected chi connectivity index (χ3v) is 6.03. The van der Waals surface area contributed by atoms with Crippen LogP contribution in [0.2, 0.25) is 0 Å². The van der Waals surface area contributed by atoms with Crippen molar-refractivity contribution in [3.05, 3.63) is 12.4 Å². The van der Waals surface area contributed by atoms with Crippen LogP contribution >= 0.6 is 0 Å². The van der Waals surface area contributed by atoms with E-state index in [1.807, 2.05) is 0 Å². The molecule has 1 aliphatic heterocycles. The quantitative estimate of drug-likeness (QED) is 0.209. The molecule has 0 fully saturated rings. The summed E-state index contributed by atoms with van der Waals surface area (Å²) in [6.45, 7) is 9.37. The van der Waals surface area contributed by atoms with Gasteiger partial charge < -0.3 is 9.80 Å². The van der Waals surface area contributed by atoms with Gasteiger partial charge in [0.2, 0.25) is 0 Å². The number of unbranched alkanes of at least 4 members (excludes halogenated alkanes) is 13. The van der Waals surface area contributed by atoms with Crippen LogP contribution in [0.4, 0.5) is 0 Å². The topological polar surface area (TPSA) is 6.48 Å². The monoisotopic (exact) mass is 378 g/mol. The maximum absolute atomic E-state index is 2.63. The largest absolute Gasteiger partial charge is 0.356 e. The molecule has 1 aliphatic rings. The smallest absolute Gasteiger partial charge is 0.101 e. The van der Waals surface area contributed by atoms with E-state index in [0.29, 0.717) is 6.17 Å². The minimum Gasteiger partial charge on any atom is -0.356 e. The normalized spacial score (nSPS) is 16.6. The van der Waals surface area contributed by atoms with E-state index in [2.05, 4.69) is 43.0 Å². The Morgan fingerprint density at radius 1 is 0.481 bits per heavy atom. The van der Waals surface area contributed by atoms with Gasteiger partial charge in [0.05, 0.1) is 0 Å². The third kappa shape index (κ3) is 11.7. The molecule has 0 spiro atoms. The molecule has 27 heavy (non-hydrogen) atoms. The lowest BCUT2D eigenvalue weighted by Gasteiger charge is -2.33. The molecule has 160 valence electrons. The lowest BCUT2D eigenvalue weighted by Crippen LogP contribution is -2.39. The highest BCUT2D eigenvalue weighted by Crippen LogP contribution is 2.23. The fourth-order valence-electron chi connectivity index (χ4n) is 4.31. The van der Waals surface area contributed by atoms with E-state index >= 15 is 0 Å². The molecule has 0 aromatic rings. The van der Waals surface area contributed by atoms with Crippen molar-refractivity contribution < 1.29 is 0 Å². The summed E-state index contributed by atoms with van der Waals surface area (Å²) in [4.78, 5) is 5.23. The molecule has 1 unspecified atom stereocenters.